The molecular weight excluding hydrogens is 536 g/mol. The molecule has 1 fully saturated rings. The van der Waals surface area contributed by atoms with Gasteiger partial charge in [0.25, 0.3) is 0 Å². The molecule has 10 heteroatoms. The number of hydrogen-bond acceptors (Lipinski definition) is 7. The molecule has 1 aromatic heterocycles. The van der Waals surface area contributed by atoms with Crippen molar-refractivity contribution in [2.75, 3.05) is 32.3 Å². The van der Waals surface area contributed by atoms with Crippen LogP contribution in [0.3, 0.4) is 0 Å². The number of aryl methyl sites for hydroxylation is 1. The number of aliphatic hydroxyl groups is 1. The van der Waals surface area contributed by atoms with Gasteiger partial charge in [0.1, 0.15) is 17.6 Å². The Balaban J connectivity index is 1.48. The lowest BCUT2D eigenvalue weighted by Gasteiger charge is -2.46. The number of methoxy groups -OCH3 is 2. The van der Waals surface area contributed by atoms with Gasteiger partial charge >= 0.3 is 0 Å². The summed E-state index contributed by atoms with van der Waals surface area (Å²) in [6, 6.07) is 14.6. The maximum absolute atomic E-state index is 12.4. The number of amides is 1. The molecule has 0 spiro atoms. The van der Waals surface area contributed by atoms with Gasteiger partial charge in [-0.3, -0.25) is 9.48 Å². The Morgan fingerprint density at radius 2 is 1.95 bits per heavy atom. The number of benzene rings is 2. The smallest absolute Gasteiger partial charge is 0.227 e. The van der Waals surface area contributed by atoms with Crippen LogP contribution >= 0.6 is 0 Å². The second kappa shape index (κ2) is 12.3. The van der Waals surface area contributed by atoms with Gasteiger partial charge in [0.15, 0.2) is 0 Å². The number of nitrogens with zero attached hydrogens (tertiary/aromatic N) is 4. The topological polar surface area (TPSA) is 98.9 Å². The van der Waals surface area contributed by atoms with Gasteiger partial charge in [0.2, 0.25) is 5.91 Å². The fraction of sp³-hybridized carbons (Fsp3) is 0.516. The maximum atomic E-state index is 12.4. The fourth-order valence-corrected chi connectivity index (χ4v) is 10.1. The van der Waals surface area contributed by atoms with Crippen molar-refractivity contribution in [3.8, 4) is 11.5 Å². The number of fused-ring (bicyclic) bond motifs is 1. The third-order valence-corrected chi connectivity index (χ3v) is 13.3. The molecule has 1 saturated heterocycles. The summed E-state index contributed by atoms with van der Waals surface area (Å²) in [5, 5.41) is 19.2. The normalized spacial score (nSPS) is 21.5. The van der Waals surface area contributed by atoms with Gasteiger partial charge in [0, 0.05) is 63.0 Å². The van der Waals surface area contributed by atoms with Crippen molar-refractivity contribution in [3.63, 3.8) is 0 Å². The molecule has 1 amide bonds. The van der Waals surface area contributed by atoms with E-state index in [0.717, 1.165) is 47.8 Å². The van der Waals surface area contributed by atoms with Crippen molar-refractivity contribution in [2.24, 2.45) is 5.92 Å². The zero-order valence-corrected chi connectivity index (χ0v) is 25.7. The van der Waals surface area contributed by atoms with E-state index >= 15 is 0 Å². The zero-order chi connectivity index (χ0) is 29.1. The number of aromatic nitrogens is 3. The van der Waals surface area contributed by atoms with Crippen molar-refractivity contribution in [1.29, 1.82) is 0 Å². The van der Waals surface area contributed by atoms with Crippen LogP contribution in [-0.4, -0.2) is 67.6 Å². The average Bonchev–Trinajstić information content (AvgIpc) is 3.62. The van der Waals surface area contributed by atoms with Crippen LogP contribution in [0.25, 0.3) is 0 Å². The summed E-state index contributed by atoms with van der Waals surface area (Å²) in [5.41, 5.74) is 2.93. The monoisotopic (exact) mass is 578 g/mol. The van der Waals surface area contributed by atoms with E-state index in [4.69, 9.17) is 14.2 Å². The lowest BCUT2D eigenvalue weighted by atomic mass is 9.86. The van der Waals surface area contributed by atoms with Gasteiger partial charge in [-0.15, -0.1) is 5.10 Å². The van der Waals surface area contributed by atoms with E-state index in [0.29, 0.717) is 19.4 Å². The number of carbonyl (C=O) groups excluding carboxylic acids is 1. The van der Waals surface area contributed by atoms with Crippen LogP contribution in [0.15, 0.2) is 48.7 Å². The predicted molar refractivity (Wildman–Crippen MR) is 161 cm³/mol. The molecule has 3 aromatic rings. The van der Waals surface area contributed by atoms with Gasteiger partial charge in [-0.25, -0.2) is 0 Å². The van der Waals surface area contributed by atoms with E-state index in [-0.39, 0.29) is 36.2 Å². The maximum Gasteiger partial charge on any atom is 0.227 e. The largest absolute Gasteiger partial charge is 0.497 e. The van der Waals surface area contributed by atoms with Crippen molar-refractivity contribution in [1.82, 2.24) is 15.0 Å². The van der Waals surface area contributed by atoms with Crippen LogP contribution in [0.4, 0.5) is 5.69 Å². The van der Waals surface area contributed by atoms with E-state index in [2.05, 4.69) is 48.5 Å². The summed E-state index contributed by atoms with van der Waals surface area (Å²) >= 11 is 0. The van der Waals surface area contributed by atoms with Crippen molar-refractivity contribution >= 4 is 24.9 Å². The Morgan fingerprint density at radius 3 is 2.61 bits per heavy atom. The SMILES string of the molecule is COc1ccc([Si](C)(C)C(CCn2cc(CCO)nn2)[C@@H]2Oc3ccc(N4CCCC4=O)cc3[C@H](OC)[C@H]2C)cc1. The molecule has 2 aliphatic heterocycles. The molecule has 4 atom stereocenters. The molecule has 0 bridgehead atoms. The van der Waals surface area contributed by atoms with Crippen molar-refractivity contribution in [2.45, 2.75) is 70.0 Å². The quantitative estimate of drug-likeness (QED) is 0.342. The second-order valence-corrected chi connectivity index (χ2v) is 16.5. The molecule has 2 aliphatic rings. The third kappa shape index (κ3) is 5.91. The number of ether oxygens (including phenoxy) is 3. The van der Waals surface area contributed by atoms with Gasteiger partial charge in [-0.2, -0.15) is 0 Å². The predicted octanol–water partition coefficient (Wildman–Crippen LogP) is 4.11. The standard InChI is InChI=1S/C31H42N4O5Si/c1-21-30(39-3)26-19-23(35-16-6-7-29(35)37)8-13-27(26)40-31(21)28(14-17-34-20-22(15-18-36)32-33-34)41(4,5)25-11-9-24(38-2)10-12-25/h8-13,19-21,28,30-31,36H,6-7,14-18H2,1-5H3/t21-,28?,30-,31-/m1/s1. The van der Waals surface area contributed by atoms with Crippen LogP contribution in [0.1, 0.15) is 43.5 Å². The van der Waals surface area contributed by atoms with Crippen LogP contribution in [0.2, 0.25) is 18.6 Å². The molecule has 9 nitrogen and oxygen atoms in total. The lowest BCUT2D eigenvalue weighted by Crippen LogP contribution is -2.54. The summed E-state index contributed by atoms with van der Waals surface area (Å²) in [6.45, 7) is 8.54. The van der Waals surface area contributed by atoms with Crippen LogP contribution < -0.4 is 19.6 Å². The highest BCUT2D eigenvalue weighted by atomic mass is 28.3. The minimum atomic E-state index is -2.13. The third-order valence-electron chi connectivity index (χ3n) is 8.98. The van der Waals surface area contributed by atoms with Gasteiger partial charge < -0.3 is 24.2 Å². The van der Waals surface area contributed by atoms with Gasteiger partial charge in [0.05, 0.1) is 27.0 Å². The first kappa shape index (κ1) is 29.3. The summed E-state index contributed by atoms with van der Waals surface area (Å²) in [7, 11) is 1.32. The van der Waals surface area contributed by atoms with Gasteiger partial charge in [-0.05, 0) is 48.7 Å². The number of rotatable bonds is 11. The summed E-state index contributed by atoms with van der Waals surface area (Å²) in [4.78, 5) is 14.3. The van der Waals surface area contributed by atoms with Crippen LogP contribution in [0.5, 0.6) is 11.5 Å². The highest BCUT2D eigenvalue weighted by Gasteiger charge is 2.47. The molecule has 3 heterocycles. The van der Waals surface area contributed by atoms with E-state index < -0.39 is 8.07 Å². The summed E-state index contributed by atoms with van der Waals surface area (Å²) < 4.78 is 20.4. The average molecular weight is 579 g/mol. The Hall–Kier alpha value is -3.21. The first-order chi connectivity index (χ1) is 19.8. The highest BCUT2D eigenvalue weighted by Crippen LogP contribution is 2.48. The molecular formula is C31H42N4O5Si. The molecule has 2 aromatic carbocycles. The van der Waals surface area contributed by atoms with E-state index in [1.807, 2.05) is 40.0 Å². The fourth-order valence-electron chi connectivity index (χ4n) is 6.57. The lowest BCUT2D eigenvalue weighted by molar-refractivity contribution is -0.117. The van der Waals surface area contributed by atoms with Crippen molar-refractivity contribution < 1.29 is 24.1 Å². The van der Waals surface area contributed by atoms with E-state index in [9.17, 15) is 9.90 Å². The minimum absolute atomic E-state index is 0.0532. The summed E-state index contributed by atoms with van der Waals surface area (Å²) in [6.07, 6.45) is 4.51. The Morgan fingerprint density at radius 1 is 1.17 bits per heavy atom. The molecule has 1 unspecified atom stereocenters. The van der Waals surface area contributed by atoms with Crippen LogP contribution in [-0.2, 0) is 22.5 Å². The Bertz CT molecular complexity index is 1340. The van der Waals surface area contributed by atoms with Crippen LogP contribution in [0, 0.1) is 5.92 Å². The Kier molecular flexibility index (Phi) is 8.81. The number of aliphatic hydroxyl groups excluding tert-OH is 1. The number of hydrogen-bond donors (Lipinski definition) is 1. The molecule has 41 heavy (non-hydrogen) atoms. The van der Waals surface area contributed by atoms with E-state index in [1.165, 1.54) is 5.19 Å². The van der Waals surface area contributed by atoms with E-state index in [1.54, 1.807) is 14.2 Å². The number of anilines is 1. The first-order valence-electron chi connectivity index (χ1n) is 14.5. The molecule has 0 saturated carbocycles. The summed E-state index contributed by atoms with van der Waals surface area (Å²) in [5.74, 6) is 1.92. The minimum Gasteiger partial charge on any atom is -0.497 e. The zero-order valence-electron chi connectivity index (χ0n) is 24.7. The molecule has 0 radical (unpaired) electrons. The first-order valence-corrected chi connectivity index (χ1v) is 17.6. The number of carbonyl (C=O) groups is 1. The Labute approximate surface area is 243 Å². The molecule has 0 aliphatic carbocycles. The highest BCUT2D eigenvalue weighted by molar-refractivity contribution is 6.91. The second-order valence-electron chi connectivity index (χ2n) is 11.8. The molecule has 5 rings (SSSR count). The molecule has 1 N–H and O–H groups in total. The molecule has 220 valence electrons. The van der Waals surface area contributed by atoms with Crippen molar-refractivity contribution in [3.05, 3.63) is 59.9 Å². The van der Waals surface area contributed by atoms with Gasteiger partial charge in [-0.1, -0.05) is 42.6 Å².